The Balaban J connectivity index is 1.54. The SMILES string of the molecule is BC1CC(N2Cc3cc(C(B)(B)NC(=O)C(F)(F)c4ccc(Cl)cc4)ccc3C2=O)C(=O)N(B)C1=O. The summed E-state index contributed by atoms with van der Waals surface area (Å²) in [5.74, 6) is -6.70. The van der Waals surface area contributed by atoms with Gasteiger partial charge in [0, 0.05) is 33.8 Å². The van der Waals surface area contributed by atoms with Crippen molar-refractivity contribution in [2.75, 3.05) is 0 Å². The first kappa shape index (κ1) is 26.0. The van der Waals surface area contributed by atoms with E-state index in [0.717, 1.165) is 16.9 Å². The first-order chi connectivity index (χ1) is 16.7. The second-order valence-corrected chi connectivity index (χ2v) is 10.3. The van der Waals surface area contributed by atoms with Crippen LogP contribution in [0.25, 0.3) is 0 Å². The fourth-order valence-corrected chi connectivity index (χ4v) is 4.79. The number of piperidine rings is 1. The molecule has 2 aliphatic rings. The normalized spacial score (nSPS) is 20.5. The summed E-state index contributed by atoms with van der Waals surface area (Å²) in [6.07, 6.45) is 0.232. The van der Waals surface area contributed by atoms with E-state index in [4.69, 9.17) is 11.6 Å². The molecule has 2 atom stereocenters. The molecule has 4 rings (SSSR count). The Kier molecular flexibility index (Phi) is 6.58. The number of nitrogens with one attached hydrogen (secondary N) is 1. The number of imide groups is 1. The van der Waals surface area contributed by atoms with Crippen LogP contribution in [0, 0.1) is 0 Å². The number of halogens is 3. The molecule has 2 aliphatic heterocycles. The molecule has 14 heteroatoms. The number of amides is 4. The Morgan fingerprint density at radius 2 is 1.64 bits per heavy atom. The van der Waals surface area contributed by atoms with Gasteiger partial charge in [0.05, 0.1) is 0 Å². The maximum absolute atomic E-state index is 14.8. The predicted octanol–water partition coefficient (Wildman–Crippen LogP) is -1.32. The molecular weight excluding hydrogens is 487 g/mol. The fourth-order valence-electron chi connectivity index (χ4n) is 4.67. The van der Waals surface area contributed by atoms with Gasteiger partial charge < -0.3 is 15.0 Å². The molecule has 2 aromatic rings. The standard InChI is InChI=1S/C22H22B4ClF2N3O4/c23-15-8-16(19(35)32(26)18(15)34)31-9-10-7-12(3-6-14(10)17(31)33)22(24,25)30-20(36)21(28,29)11-1-4-13(27)5-2-11/h1-7,15-16H,8-9,23-26H2,(H,30,36). The van der Waals surface area contributed by atoms with Crippen LogP contribution in [-0.2, 0) is 32.2 Å². The second-order valence-electron chi connectivity index (χ2n) is 9.85. The van der Waals surface area contributed by atoms with Crippen molar-refractivity contribution in [1.29, 1.82) is 0 Å². The molecule has 2 unspecified atom stereocenters. The molecular formula is C22H22B4ClF2N3O4. The topological polar surface area (TPSA) is 86.8 Å². The zero-order valence-corrected chi connectivity index (χ0v) is 21.0. The molecule has 2 heterocycles. The monoisotopic (exact) mass is 509 g/mol. The smallest absolute Gasteiger partial charge is 0.349 e. The van der Waals surface area contributed by atoms with E-state index in [1.54, 1.807) is 41.7 Å². The van der Waals surface area contributed by atoms with E-state index >= 15 is 0 Å². The third-order valence-electron chi connectivity index (χ3n) is 6.90. The summed E-state index contributed by atoms with van der Waals surface area (Å²) in [5, 5.41) is 1.49. The molecule has 36 heavy (non-hydrogen) atoms. The maximum Gasteiger partial charge on any atom is 0.349 e. The van der Waals surface area contributed by atoms with E-state index in [0.29, 0.717) is 16.7 Å². The molecule has 0 saturated carbocycles. The van der Waals surface area contributed by atoms with Crippen molar-refractivity contribution in [3.8, 4) is 0 Å². The van der Waals surface area contributed by atoms with Gasteiger partial charge in [-0.05, 0) is 35.7 Å². The zero-order valence-electron chi connectivity index (χ0n) is 20.3. The van der Waals surface area contributed by atoms with Gasteiger partial charge in [-0.15, -0.1) is 0 Å². The summed E-state index contributed by atoms with van der Waals surface area (Å²) >= 11 is 5.76. The largest absolute Gasteiger partial charge is 0.357 e. The van der Waals surface area contributed by atoms with E-state index in [1.807, 2.05) is 0 Å². The molecule has 0 aliphatic carbocycles. The highest BCUT2D eigenvalue weighted by Gasteiger charge is 2.45. The average molecular weight is 509 g/mol. The van der Waals surface area contributed by atoms with Crippen molar-refractivity contribution in [1.82, 2.24) is 15.0 Å². The van der Waals surface area contributed by atoms with Crippen LogP contribution in [0.1, 0.15) is 33.5 Å². The lowest BCUT2D eigenvalue weighted by atomic mass is 9.57. The highest BCUT2D eigenvalue weighted by molar-refractivity contribution is 6.40. The van der Waals surface area contributed by atoms with E-state index in [1.165, 1.54) is 25.0 Å². The third kappa shape index (κ3) is 4.45. The highest BCUT2D eigenvalue weighted by Crippen LogP contribution is 2.34. The van der Waals surface area contributed by atoms with E-state index in [9.17, 15) is 28.0 Å². The van der Waals surface area contributed by atoms with Gasteiger partial charge in [0.15, 0.2) is 0 Å². The number of carbonyl (C=O) groups excluding carboxylic acids is 4. The summed E-state index contributed by atoms with van der Waals surface area (Å²) < 4.78 is 29.6. The van der Waals surface area contributed by atoms with Crippen molar-refractivity contribution < 1.29 is 28.0 Å². The van der Waals surface area contributed by atoms with Crippen LogP contribution < -0.4 is 5.32 Å². The van der Waals surface area contributed by atoms with Crippen LogP contribution in [0.5, 0.6) is 0 Å². The van der Waals surface area contributed by atoms with Gasteiger partial charge in [-0.2, -0.15) is 8.78 Å². The number of fused-ring (bicyclic) bond motifs is 1. The summed E-state index contributed by atoms with van der Waals surface area (Å²) in [7, 11) is 6.30. The van der Waals surface area contributed by atoms with E-state index < -0.39 is 40.5 Å². The van der Waals surface area contributed by atoms with Crippen molar-refractivity contribution in [2.45, 2.75) is 36.1 Å². The number of alkyl halides is 2. The third-order valence-corrected chi connectivity index (χ3v) is 7.15. The lowest BCUT2D eigenvalue weighted by Crippen LogP contribution is -2.55. The Labute approximate surface area is 215 Å². The Morgan fingerprint density at radius 3 is 2.28 bits per heavy atom. The maximum atomic E-state index is 14.8. The highest BCUT2D eigenvalue weighted by atomic mass is 35.5. The molecule has 0 aromatic heterocycles. The number of benzene rings is 2. The van der Waals surface area contributed by atoms with E-state index in [2.05, 4.69) is 5.32 Å². The lowest BCUT2D eigenvalue weighted by Gasteiger charge is -2.37. The summed E-state index contributed by atoms with van der Waals surface area (Å²) in [6.45, 7) is 0.137. The Morgan fingerprint density at radius 1 is 1.03 bits per heavy atom. The van der Waals surface area contributed by atoms with Crippen molar-refractivity contribution in [2.24, 2.45) is 0 Å². The van der Waals surface area contributed by atoms with Gasteiger partial charge in [-0.1, -0.05) is 35.9 Å². The molecule has 4 amide bonds. The van der Waals surface area contributed by atoms with Gasteiger partial charge in [0.25, 0.3) is 11.8 Å². The molecule has 7 nitrogen and oxygen atoms in total. The van der Waals surface area contributed by atoms with Gasteiger partial charge >= 0.3 is 5.92 Å². The average Bonchev–Trinajstić information content (AvgIpc) is 3.15. The molecule has 0 spiro atoms. The van der Waals surface area contributed by atoms with Crippen LogP contribution in [-0.4, -0.2) is 70.9 Å². The quantitative estimate of drug-likeness (QED) is 0.401. The van der Waals surface area contributed by atoms with Crippen LogP contribution in [0.4, 0.5) is 8.78 Å². The van der Waals surface area contributed by atoms with Crippen molar-refractivity contribution >= 4 is 66.7 Å². The van der Waals surface area contributed by atoms with Crippen LogP contribution in [0.2, 0.25) is 10.8 Å². The number of hydrogen-bond acceptors (Lipinski definition) is 4. The van der Waals surface area contributed by atoms with Crippen molar-refractivity contribution in [3.05, 3.63) is 69.7 Å². The van der Waals surface area contributed by atoms with Crippen LogP contribution >= 0.6 is 11.6 Å². The van der Waals surface area contributed by atoms with Crippen LogP contribution in [0.3, 0.4) is 0 Å². The number of hydrogen-bond donors (Lipinski definition) is 1. The molecule has 1 saturated heterocycles. The summed E-state index contributed by atoms with van der Waals surface area (Å²) in [5.41, 5.74) is 1.05. The molecule has 0 bridgehead atoms. The van der Waals surface area contributed by atoms with Crippen LogP contribution in [0.15, 0.2) is 42.5 Å². The van der Waals surface area contributed by atoms with Gasteiger partial charge in [0.2, 0.25) is 19.8 Å². The summed E-state index contributed by atoms with van der Waals surface area (Å²) in [6, 6.07) is 8.87. The molecule has 182 valence electrons. The van der Waals surface area contributed by atoms with Gasteiger partial charge in [-0.25, -0.2) is 0 Å². The zero-order chi connectivity index (χ0) is 26.6. The fraction of sp³-hybridized carbons (Fsp3) is 0.273. The molecule has 1 N–H and O–H groups in total. The first-order valence-corrected chi connectivity index (χ1v) is 11.8. The minimum atomic E-state index is -3.78. The molecule has 1 fully saturated rings. The second kappa shape index (κ2) is 9.10. The minimum Gasteiger partial charge on any atom is -0.357 e. The number of nitrogens with zero attached hydrogens (tertiary/aromatic N) is 2. The minimum absolute atomic E-state index is 0.137. The molecule has 2 aromatic carbocycles. The van der Waals surface area contributed by atoms with Gasteiger partial charge in [0.1, 0.15) is 29.6 Å². The Bertz CT molecular complexity index is 1280. The first-order valence-electron chi connectivity index (χ1n) is 11.5. The van der Waals surface area contributed by atoms with Crippen molar-refractivity contribution in [3.63, 3.8) is 0 Å². The van der Waals surface area contributed by atoms with E-state index in [-0.39, 0.29) is 29.8 Å². The summed E-state index contributed by atoms with van der Waals surface area (Å²) in [4.78, 5) is 53.0. The van der Waals surface area contributed by atoms with Gasteiger partial charge in [-0.3, -0.25) is 19.2 Å². The number of rotatable bonds is 5. The lowest BCUT2D eigenvalue weighted by molar-refractivity contribution is -0.147. The predicted molar refractivity (Wildman–Crippen MR) is 140 cm³/mol. The number of carbonyl (C=O) groups is 4. The molecule has 0 radical (unpaired) electrons. The Hall–Kier alpha value is -3.07.